The predicted octanol–water partition coefficient (Wildman–Crippen LogP) is -1.80. The number of amides is 2. The molecule has 0 saturated carbocycles. The lowest BCUT2D eigenvalue weighted by Gasteiger charge is -2.26. The molecule has 3 atom stereocenters. The summed E-state index contributed by atoms with van der Waals surface area (Å²) in [5.74, 6) is 0.489. The van der Waals surface area contributed by atoms with E-state index in [1.54, 1.807) is 0 Å². The van der Waals surface area contributed by atoms with Crippen molar-refractivity contribution in [3.05, 3.63) is 0 Å². The molecule has 0 unspecified atom stereocenters. The van der Waals surface area contributed by atoms with E-state index >= 15 is 0 Å². The second kappa shape index (κ2) is 6.90. The van der Waals surface area contributed by atoms with E-state index in [2.05, 4.69) is 28.2 Å². The van der Waals surface area contributed by atoms with Crippen LogP contribution in [0.1, 0.15) is 13.3 Å². The molecule has 0 bridgehead atoms. The maximum absolute atomic E-state index is 11.0. The highest BCUT2D eigenvalue weighted by atomic mass is 16.2. The van der Waals surface area contributed by atoms with E-state index in [0.717, 1.165) is 26.1 Å². The molecule has 17 heavy (non-hydrogen) atoms. The van der Waals surface area contributed by atoms with Crippen molar-refractivity contribution in [1.82, 2.24) is 15.5 Å². The first kappa shape index (κ1) is 14.4. The van der Waals surface area contributed by atoms with Crippen LogP contribution < -0.4 is 22.1 Å². The Kier molecular flexibility index (Phi) is 5.84. The molecule has 6 nitrogen and oxygen atoms in total. The summed E-state index contributed by atoms with van der Waals surface area (Å²) in [6.07, 6.45) is 0.986. The van der Waals surface area contributed by atoms with Crippen LogP contribution in [0.25, 0.3) is 0 Å². The molecule has 6 heteroatoms. The highest BCUT2D eigenvalue weighted by molar-refractivity contribution is 5.62. The molecule has 1 rings (SSSR count). The number of nitrogens with zero attached hydrogens (tertiary/aromatic N) is 1. The molecule has 1 aliphatic heterocycles. The Morgan fingerprint density at radius 1 is 1.65 bits per heavy atom. The van der Waals surface area contributed by atoms with Gasteiger partial charge in [0.1, 0.15) is 0 Å². The fourth-order valence-corrected chi connectivity index (χ4v) is 2.46. The van der Waals surface area contributed by atoms with Gasteiger partial charge in [-0.25, -0.2) is 4.79 Å². The minimum Gasteiger partial charge on any atom is -0.330 e. The largest absolute Gasteiger partial charge is 0.411 e. The van der Waals surface area contributed by atoms with Crippen LogP contribution in [0.3, 0.4) is 0 Å². The molecule has 1 saturated heterocycles. The molecule has 1 fully saturated rings. The van der Waals surface area contributed by atoms with Crippen molar-refractivity contribution in [2.24, 2.45) is 11.7 Å². The van der Waals surface area contributed by atoms with Gasteiger partial charge in [0.2, 0.25) is 0 Å². The van der Waals surface area contributed by atoms with Crippen molar-refractivity contribution in [2.75, 3.05) is 33.2 Å². The fraction of sp³-hybridized carbons (Fsp3) is 0.909. The SMILES string of the molecule is CNC[C@@H]1C[C@@H](NC([NH3+])=O)CN1C[C@@H](C)CN. The highest BCUT2D eigenvalue weighted by Gasteiger charge is 2.32. The zero-order valence-corrected chi connectivity index (χ0v) is 10.9. The van der Waals surface area contributed by atoms with Crippen molar-refractivity contribution in [3.8, 4) is 0 Å². The van der Waals surface area contributed by atoms with Gasteiger partial charge in [-0.05, 0) is 25.9 Å². The monoisotopic (exact) mass is 244 g/mol. The molecule has 100 valence electrons. The standard InChI is InChI=1S/C11H25N5O/c1-8(4-12)6-16-7-9(15-11(13)17)3-10(16)5-14-2/h8-10,14H,3-7,12H2,1-2H3,(H3,13,15,17)/p+1/t8-,9+,10-/m0/s1. The van der Waals surface area contributed by atoms with Gasteiger partial charge in [0.15, 0.2) is 0 Å². The molecule has 0 aliphatic carbocycles. The van der Waals surface area contributed by atoms with Crippen molar-refractivity contribution in [2.45, 2.75) is 25.4 Å². The molecule has 2 amide bonds. The molecule has 0 aromatic carbocycles. The van der Waals surface area contributed by atoms with Crippen molar-refractivity contribution >= 4 is 6.03 Å². The average Bonchev–Trinajstić information content (AvgIpc) is 2.60. The molecule has 1 aliphatic rings. The molecule has 0 spiro atoms. The summed E-state index contributed by atoms with van der Waals surface area (Å²) < 4.78 is 0. The lowest BCUT2D eigenvalue weighted by atomic mass is 10.1. The number of carbonyl (C=O) groups is 1. The first-order valence-corrected chi connectivity index (χ1v) is 6.28. The Labute approximate surface area is 103 Å². The van der Waals surface area contributed by atoms with Crippen LogP contribution >= 0.6 is 0 Å². The molecule has 0 aromatic heterocycles. The van der Waals surface area contributed by atoms with E-state index in [4.69, 9.17) is 5.73 Å². The summed E-state index contributed by atoms with van der Waals surface area (Å²) >= 11 is 0. The minimum absolute atomic E-state index is 0.188. The van der Waals surface area contributed by atoms with E-state index in [1.807, 2.05) is 7.05 Å². The van der Waals surface area contributed by atoms with Crippen molar-refractivity contribution in [1.29, 1.82) is 0 Å². The van der Waals surface area contributed by atoms with Gasteiger partial charge in [0, 0.05) is 31.7 Å². The van der Waals surface area contributed by atoms with Crippen molar-refractivity contribution < 1.29 is 10.5 Å². The third-order valence-corrected chi connectivity index (χ3v) is 3.28. The molecule has 0 radical (unpaired) electrons. The number of hydrogen-bond donors (Lipinski definition) is 4. The molecular weight excluding hydrogens is 218 g/mol. The third kappa shape index (κ3) is 4.59. The smallest absolute Gasteiger partial charge is 0.330 e. The number of urea groups is 1. The van der Waals surface area contributed by atoms with E-state index in [-0.39, 0.29) is 12.1 Å². The maximum atomic E-state index is 11.0. The first-order valence-electron chi connectivity index (χ1n) is 6.28. The zero-order valence-electron chi connectivity index (χ0n) is 10.9. The van der Waals surface area contributed by atoms with Crippen LogP contribution in [0.2, 0.25) is 0 Å². The van der Waals surface area contributed by atoms with Gasteiger partial charge in [-0.3, -0.25) is 10.6 Å². The average molecular weight is 244 g/mol. The first-order chi connectivity index (χ1) is 8.06. The number of carbonyl (C=O) groups excluding carboxylic acids is 1. The van der Waals surface area contributed by atoms with E-state index in [1.165, 1.54) is 0 Å². The molecule has 7 N–H and O–H groups in total. The second-order valence-electron chi connectivity index (χ2n) is 5.01. The number of likely N-dealkylation sites (tertiary alicyclic amines) is 1. The summed E-state index contributed by atoms with van der Waals surface area (Å²) in [7, 11) is 1.96. The van der Waals surface area contributed by atoms with Crippen LogP contribution in [0.5, 0.6) is 0 Å². The van der Waals surface area contributed by atoms with Gasteiger partial charge in [-0.2, -0.15) is 0 Å². The van der Waals surface area contributed by atoms with Crippen LogP contribution in [0.15, 0.2) is 0 Å². The number of likely N-dealkylation sites (N-methyl/N-ethyl adjacent to an activating group) is 1. The van der Waals surface area contributed by atoms with Crippen LogP contribution in [-0.4, -0.2) is 56.2 Å². The van der Waals surface area contributed by atoms with E-state index < -0.39 is 0 Å². The Bertz CT molecular complexity index is 248. The second-order valence-corrected chi connectivity index (χ2v) is 5.01. The van der Waals surface area contributed by atoms with Crippen LogP contribution in [0.4, 0.5) is 4.79 Å². The Morgan fingerprint density at radius 2 is 2.35 bits per heavy atom. The van der Waals surface area contributed by atoms with Crippen LogP contribution in [0, 0.1) is 5.92 Å². The number of quaternary nitrogens is 1. The Hall–Kier alpha value is -0.690. The van der Waals surface area contributed by atoms with Crippen LogP contribution in [-0.2, 0) is 0 Å². The summed E-state index contributed by atoms with van der Waals surface area (Å²) in [5.41, 5.74) is 9.03. The molecule has 1 heterocycles. The van der Waals surface area contributed by atoms with E-state index in [0.29, 0.717) is 18.5 Å². The number of nitrogens with two attached hydrogens (primary N) is 1. The zero-order chi connectivity index (χ0) is 12.8. The highest BCUT2D eigenvalue weighted by Crippen LogP contribution is 2.18. The lowest BCUT2D eigenvalue weighted by Crippen LogP contribution is -2.65. The predicted molar refractivity (Wildman–Crippen MR) is 67.3 cm³/mol. The number of hydrogen-bond acceptors (Lipinski definition) is 4. The quantitative estimate of drug-likeness (QED) is 0.443. The summed E-state index contributed by atoms with van der Waals surface area (Å²) in [4.78, 5) is 13.4. The fourth-order valence-electron chi connectivity index (χ4n) is 2.46. The minimum atomic E-state index is -0.188. The van der Waals surface area contributed by atoms with Crippen molar-refractivity contribution in [3.63, 3.8) is 0 Å². The van der Waals surface area contributed by atoms with Gasteiger partial charge >= 0.3 is 6.03 Å². The molecular formula is C11H26N5O+. The Morgan fingerprint density at radius 3 is 2.88 bits per heavy atom. The Balaban J connectivity index is 2.50. The van der Waals surface area contributed by atoms with Gasteiger partial charge < -0.3 is 16.4 Å². The number of nitrogens with one attached hydrogen (secondary N) is 2. The number of rotatable bonds is 6. The van der Waals surface area contributed by atoms with Gasteiger partial charge in [-0.15, -0.1) is 0 Å². The van der Waals surface area contributed by atoms with Gasteiger partial charge in [0.25, 0.3) is 0 Å². The molecule has 0 aromatic rings. The maximum Gasteiger partial charge on any atom is 0.411 e. The summed E-state index contributed by atoms with van der Waals surface area (Å²) in [6.45, 7) is 5.70. The summed E-state index contributed by atoms with van der Waals surface area (Å²) in [6, 6.07) is 0.515. The van der Waals surface area contributed by atoms with Gasteiger partial charge in [0.05, 0.1) is 0 Å². The van der Waals surface area contributed by atoms with E-state index in [9.17, 15) is 4.79 Å². The third-order valence-electron chi connectivity index (χ3n) is 3.28. The topological polar surface area (TPSA) is 98.0 Å². The van der Waals surface area contributed by atoms with Gasteiger partial charge in [-0.1, -0.05) is 6.92 Å². The summed E-state index contributed by atoms with van der Waals surface area (Å²) in [5, 5.41) is 6.10. The normalized spacial score (nSPS) is 27.1. The lowest BCUT2D eigenvalue weighted by molar-refractivity contribution is -0.251.